The highest BCUT2D eigenvalue weighted by molar-refractivity contribution is 7.85. The van der Waals surface area contributed by atoms with Gasteiger partial charge < -0.3 is 9.64 Å². The Labute approximate surface area is 118 Å². The Morgan fingerprint density at radius 3 is 2.50 bits per heavy atom. The molecule has 0 saturated carbocycles. The van der Waals surface area contributed by atoms with E-state index < -0.39 is 10.1 Å². The van der Waals surface area contributed by atoms with Gasteiger partial charge in [-0.1, -0.05) is 0 Å². The standard InChI is InChI=1S/C13H17NO5S/c1-18-12-5-3-11(4-6-12)14-8-10(7-13(14)15)9-19-20(2,16)17/h3-6,10H,7-9H2,1-2H3/t10-/m1/s1. The van der Waals surface area contributed by atoms with E-state index in [2.05, 4.69) is 0 Å². The summed E-state index contributed by atoms with van der Waals surface area (Å²) < 4.78 is 31.7. The van der Waals surface area contributed by atoms with Crippen LogP contribution in [0, 0.1) is 5.92 Å². The van der Waals surface area contributed by atoms with Crippen LogP contribution in [-0.4, -0.2) is 40.8 Å². The number of nitrogens with zero attached hydrogens (tertiary/aromatic N) is 1. The van der Waals surface area contributed by atoms with Crippen LogP contribution < -0.4 is 9.64 Å². The van der Waals surface area contributed by atoms with Gasteiger partial charge in [-0.15, -0.1) is 0 Å². The predicted molar refractivity (Wildman–Crippen MR) is 74.2 cm³/mol. The van der Waals surface area contributed by atoms with Gasteiger partial charge >= 0.3 is 0 Å². The fourth-order valence-electron chi connectivity index (χ4n) is 2.12. The van der Waals surface area contributed by atoms with Crippen LogP contribution in [-0.2, 0) is 19.1 Å². The number of anilines is 1. The second kappa shape index (κ2) is 5.80. The van der Waals surface area contributed by atoms with Gasteiger partial charge in [0.1, 0.15) is 5.75 Å². The topological polar surface area (TPSA) is 72.9 Å². The molecular formula is C13H17NO5S. The minimum atomic E-state index is -3.47. The molecule has 7 heteroatoms. The Morgan fingerprint density at radius 1 is 1.30 bits per heavy atom. The molecule has 1 fully saturated rings. The summed E-state index contributed by atoms with van der Waals surface area (Å²) in [5.74, 6) is 0.578. The zero-order valence-electron chi connectivity index (χ0n) is 11.4. The van der Waals surface area contributed by atoms with Gasteiger partial charge in [-0.05, 0) is 24.3 Å². The van der Waals surface area contributed by atoms with Crippen LogP contribution in [0.5, 0.6) is 5.75 Å². The van der Waals surface area contributed by atoms with Gasteiger partial charge in [-0.3, -0.25) is 8.98 Å². The highest BCUT2D eigenvalue weighted by Gasteiger charge is 2.31. The molecule has 1 saturated heterocycles. The summed E-state index contributed by atoms with van der Waals surface area (Å²) in [4.78, 5) is 13.6. The Hall–Kier alpha value is -1.60. The van der Waals surface area contributed by atoms with Crippen molar-refractivity contribution in [3.05, 3.63) is 24.3 Å². The van der Waals surface area contributed by atoms with Crippen molar-refractivity contribution in [1.29, 1.82) is 0 Å². The Kier molecular flexibility index (Phi) is 4.29. The molecule has 1 aromatic rings. The number of amides is 1. The van der Waals surface area contributed by atoms with Crippen molar-refractivity contribution in [3.63, 3.8) is 0 Å². The van der Waals surface area contributed by atoms with Crippen LogP contribution in [0.3, 0.4) is 0 Å². The minimum absolute atomic E-state index is 0.0303. The van der Waals surface area contributed by atoms with Crippen LogP contribution in [0.1, 0.15) is 6.42 Å². The van der Waals surface area contributed by atoms with Gasteiger partial charge in [0.25, 0.3) is 10.1 Å². The Morgan fingerprint density at radius 2 is 1.95 bits per heavy atom. The fourth-order valence-corrected chi connectivity index (χ4v) is 2.56. The molecule has 0 aromatic heterocycles. The molecule has 20 heavy (non-hydrogen) atoms. The molecule has 0 unspecified atom stereocenters. The highest BCUT2D eigenvalue weighted by atomic mass is 32.2. The second-order valence-electron chi connectivity index (χ2n) is 4.76. The maximum absolute atomic E-state index is 12.0. The van der Waals surface area contributed by atoms with E-state index in [1.165, 1.54) is 0 Å². The lowest BCUT2D eigenvalue weighted by molar-refractivity contribution is -0.117. The van der Waals surface area contributed by atoms with Crippen molar-refractivity contribution >= 4 is 21.7 Å². The van der Waals surface area contributed by atoms with E-state index in [4.69, 9.17) is 8.92 Å². The zero-order valence-corrected chi connectivity index (χ0v) is 12.2. The zero-order chi connectivity index (χ0) is 14.8. The molecule has 0 spiro atoms. The first-order valence-corrected chi connectivity index (χ1v) is 7.99. The van der Waals surface area contributed by atoms with Gasteiger partial charge in [0.2, 0.25) is 5.91 Å². The molecule has 6 nitrogen and oxygen atoms in total. The highest BCUT2D eigenvalue weighted by Crippen LogP contribution is 2.27. The first-order valence-electron chi connectivity index (χ1n) is 6.18. The Bertz CT molecular complexity index is 581. The Balaban J connectivity index is 2.01. The lowest BCUT2D eigenvalue weighted by Gasteiger charge is -2.17. The van der Waals surface area contributed by atoms with E-state index in [0.29, 0.717) is 13.0 Å². The molecule has 0 aliphatic carbocycles. The summed E-state index contributed by atoms with van der Waals surface area (Å²) in [6.07, 6.45) is 1.30. The van der Waals surface area contributed by atoms with E-state index >= 15 is 0 Å². The number of hydrogen-bond donors (Lipinski definition) is 0. The SMILES string of the molecule is COc1ccc(N2C[C@H](COS(C)(=O)=O)CC2=O)cc1. The van der Waals surface area contributed by atoms with Crippen molar-refractivity contribution in [2.24, 2.45) is 5.92 Å². The summed E-state index contributed by atoms with van der Waals surface area (Å²) in [5, 5.41) is 0. The number of ether oxygens (including phenoxy) is 1. The maximum atomic E-state index is 12.0. The van der Waals surface area contributed by atoms with E-state index in [9.17, 15) is 13.2 Å². The molecule has 1 atom stereocenters. The number of benzene rings is 1. The molecule has 1 aromatic carbocycles. The summed E-state index contributed by atoms with van der Waals surface area (Å²) in [6.45, 7) is 0.498. The molecule has 110 valence electrons. The average molecular weight is 299 g/mol. The number of rotatable bonds is 5. The molecule has 1 aliphatic rings. The largest absolute Gasteiger partial charge is 0.497 e. The third kappa shape index (κ3) is 3.71. The smallest absolute Gasteiger partial charge is 0.264 e. The van der Waals surface area contributed by atoms with Crippen molar-refractivity contribution < 1.29 is 22.1 Å². The van der Waals surface area contributed by atoms with E-state index in [1.54, 1.807) is 36.3 Å². The van der Waals surface area contributed by atoms with Crippen molar-refractivity contribution in [2.45, 2.75) is 6.42 Å². The van der Waals surface area contributed by atoms with Crippen molar-refractivity contribution in [2.75, 3.05) is 31.4 Å². The molecular weight excluding hydrogens is 282 g/mol. The van der Waals surface area contributed by atoms with E-state index in [1.807, 2.05) is 0 Å². The normalized spacial score (nSPS) is 19.4. The van der Waals surface area contributed by atoms with Crippen molar-refractivity contribution in [1.82, 2.24) is 0 Å². The molecule has 0 bridgehead atoms. The number of hydrogen-bond acceptors (Lipinski definition) is 5. The molecule has 1 heterocycles. The van der Waals surface area contributed by atoms with Crippen LogP contribution in [0.25, 0.3) is 0 Å². The van der Waals surface area contributed by atoms with Crippen molar-refractivity contribution in [3.8, 4) is 5.75 Å². The quantitative estimate of drug-likeness (QED) is 0.759. The van der Waals surface area contributed by atoms with Crippen LogP contribution >= 0.6 is 0 Å². The molecule has 1 aliphatic heterocycles. The second-order valence-corrected chi connectivity index (χ2v) is 6.41. The predicted octanol–water partition coefficient (Wildman–Crippen LogP) is 1.02. The molecule has 0 N–H and O–H groups in total. The number of carbonyl (C=O) groups is 1. The van der Waals surface area contributed by atoms with E-state index in [-0.39, 0.29) is 18.4 Å². The summed E-state index contributed by atoms with van der Waals surface area (Å²) in [5.41, 5.74) is 0.776. The monoisotopic (exact) mass is 299 g/mol. The van der Waals surface area contributed by atoms with Gasteiger partial charge in [0.15, 0.2) is 0 Å². The van der Waals surface area contributed by atoms with Gasteiger partial charge in [0, 0.05) is 24.6 Å². The van der Waals surface area contributed by atoms with Gasteiger partial charge in [-0.2, -0.15) is 8.42 Å². The van der Waals surface area contributed by atoms with Gasteiger partial charge in [0.05, 0.1) is 20.0 Å². The number of methoxy groups -OCH3 is 1. The van der Waals surface area contributed by atoms with Gasteiger partial charge in [-0.25, -0.2) is 0 Å². The first kappa shape index (κ1) is 14.8. The maximum Gasteiger partial charge on any atom is 0.264 e. The third-order valence-electron chi connectivity index (χ3n) is 3.11. The fraction of sp³-hybridized carbons (Fsp3) is 0.462. The summed E-state index contributed by atoms with van der Waals surface area (Å²) in [7, 11) is -1.89. The summed E-state index contributed by atoms with van der Waals surface area (Å²) in [6, 6.07) is 7.17. The average Bonchev–Trinajstić information content (AvgIpc) is 2.77. The molecule has 2 rings (SSSR count). The summed E-state index contributed by atoms with van der Waals surface area (Å²) >= 11 is 0. The lowest BCUT2D eigenvalue weighted by atomic mass is 10.1. The lowest BCUT2D eigenvalue weighted by Crippen LogP contribution is -2.25. The third-order valence-corrected chi connectivity index (χ3v) is 3.67. The number of carbonyl (C=O) groups excluding carboxylic acids is 1. The van der Waals surface area contributed by atoms with Crippen LogP contribution in [0.15, 0.2) is 24.3 Å². The van der Waals surface area contributed by atoms with Crippen LogP contribution in [0.4, 0.5) is 5.69 Å². The first-order chi connectivity index (χ1) is 9.39. The molecule has 1 amide bonds. The minimum Gasteiger partial charge on any atom is -0.497 e. The molecule has 0 radical (unpaired) electrons. The van der Waals surface area contributed by atoms with E-state index in [0.717, 1.165) is 17.7 Å². The van der Waals surface area contributed by atoms with Crippen LogP contribution in [0.2, 0.25) is 0 Å².